The fraction of sp³-hybridized carbons (Fsp3) is 0.727. The van der Waals surface area contributed by atoms with Crippen LogP contribution in [0.25, 0.3) is 0 Å². The van der Waals surface area contributed by atoms with E-state index in [1.54, 1.807) is 6.92 Å². The third-order valence-electron chi connectivity index (χ3n) is 2.77. The summed E-state index contributed by atoms with van der Waals surface area (Å²) in [4.78, 5) is 34.7. The molecule has 16 heavy (non-hydrogen) atoms. The summed E-state index contributed by atoms with van der Waals surface area (Å²) in [6.45, 7) is 1.79. The predicted molar refractivity (Wildman–Crippen MR) is 56.7 cm³/mol. The van der Waals surface area contributed by atoms with Crippen LogP contribution in [0.2, 0.25) is 0 Å². The number of carbonyl (C=O) groups excluding carboxylic acids is 2. The minimum Gasteiger partial charge on any atom is -0.481 e. The summed E-state index contributed by atoms with van der Waals surface area (Å²) in [6.07, 6.45) is 2.62. The molecule has 1 aliphatic heterocycles. The van der Waals surface area contributed by atoms with Gasteiger partial charge in [-0.1, -0.05) is 0 Å². The molecule has 0 aromatic rings. The number of amides is 2. The van der Waals surface area contributed by atoms with Crippen LogP contribution < -0.4 is 0 Å². The Morgan fingerprint density at radius 3 is 2.44 bits per heavy atom. The van der Waals surface area contributed by atoms with E-state index in [1.807, 2.05) is 0 Å². The molecule has 1 unspecified atom stereocenters. The highest BCUT2D eigenvalue weighted by Crippen LogP contribution is 2.18. The number of likely N-dealkylation sites (tertiary alicyclic amines) is 1. The van der Waals surface area contributed by atoms with E-state index in [0.717, 1.165) is 0 Å². The first-order valence-electron chi connectivity index (χ1n) is 5.59. The van der Waals surface area contributed by atoms with Gasteiger partial charge in [-0.25, -0.2) is 0 Å². The number of carbonyl (C=O) groups is 3. The summed E-state index contributed by atoms with van der Waals surface area (Å²) in [5, 5.41) is 8.49. The maximum absolute atomic E-state index is 11.5. The van der Waals surface area contributed by atoms with Gasteiger partial charge in [0.15, 0.2) is 0 Å². The van der Waals surface area contributed by atoms with Crippen molar-refractivity contribution in [2.24, 2.45) is 0 Å². The monoisotopic (exact) mass is 227 g/mol. The molecule has 0 aromatic heterocycles. The molecule has 2 amide bonds. The maximum Gasteiger partial charge on any atom is 0.303 e. The standard InChI is InChI=1S/C11H17NO4/c1-8(4-2-7-11(15)16)12-9(13)5-3-6-10(12)14/h8H,2-7H2,1H3,(H,15,16). The van der Waals surface area contributed by atoms with Crippen molar-refractivity contribution in [3.05, 3.63) is 0 Å². The van der Waals surface area contributed by atoms with Crippen LogP contribution in [0.15, 0.2) is 0 Å². The lowest BCUT2D eigenvalue weighted by Gasteiger charge is -2.30. The lowest BCUT2D eigenvalue weighted by atomic mass is 10.0. The largest absolute Gasteiger partial charge is 0.481 e. The van der Waals surface area contributed by atoms with E-state index >= 15 is 0 Å². The van der Waals surface area contributed by atoms with Crippen LogP contribution >= 0.6 is 0 Å². The topological polar surface area (TPSA) is 74.7 Å². The van der Waals surface area contributed by atoms with E-state index in [2.05, 4.69) is 0 Å². The summed E-state index contributed by atoms with van der Waals surface area (Å²) in [5.74, 6) is -1.10. The number of carboxylic acid groups (broad SMARTS) is 1. The minimum absolute atomic E-state index is 0.0839. The Kier molecular flexibility index (Phi) is 4.46. The Morgan fingerprint density at radius 2 is 1.94 bits per heavy atom. The maximum atomic E-state index is 11.5. The van der Waals surface area contributed by atoms with Crippen molar-refractivity contribution >= 4 is 17.8 Å². The molecule has 0 radical (unpaired) electrons. The SMILES string of the molecule is CC(CCCC(=O)O)N1C(=O)CCCC1=O. The first-order chi connectivity index (χ1) is 7.52. The number of carboxylic acids is 1. The van der Waals surface area contributed by atoms with Crippen LogP contribution in [0.4, 0.5) is 0 Å². The van der Waals surface area contributed by atoms with Crippen molar-refractivity contribution in [1.82, 2.24) is 4.90 Å². The number of hydrogen-bond acceptors (Lipinski definition) is 3. The van der Waals surface area contributed by atoms with Gasteiger partial charge in [0.2, 0.25) is 11.8 Å². The van der Waals surface area contributed by atoms with Gasteiger partial charge in [-0.05, 0) is 26.2 Å². The second-order valence-electron chi connectivity index (χ2n) is 4.15. The zero-order valence-electron chi connectivity index (χ0n) is 9.44. The van der Waals surface area contributed by atoms with E-state index in [0.29, 0.717) is 32.1 Å². The smallest absolute Gasteiger partial charge is 0.303 e. The number of hydrogen-bond donors (Lipinski definition) is 1. The lowest BCUT2D eigenvalue weighted by Crippen LogP contribution is -2.45. The van der Waals surface area contributed by atoms with Gasteiger partial charge >= 0.3 is 5.97 Å². The zero-order valence-corrected chi connectivity index (χ0v) is 9.44. The van der Waals surface area contributed by atoms with E-state index in [1.165, 1.54) is 4.90 Å². The normalized spacial score (nSPS) is 18.7. The molecule has 0 spiro atoms. The van der Waals surface area contributed by atoms with Crippen molar-refractivity contribution in [1.29, 1.82) is 0 Å². The molecule has 0 bridgehead atoms. The molecule has 1 N–H and O–H groups in total. The van der Waals surface area contributed by atoms with E-state index in [-0.39, 0.29) is 24.3 Å². The molecule has 0 saturated carbocycles. The molecule has 0 aliphatic carbocycles. The number of nitrogens with zero attached hydrogens (tertiary/aromatic N) is 1. The summed E-state index contributed by atoms with van der Waals surface area (Å²) in [6, 6.07) is -0.181. The van der Waals surface area contributed by atoms with Gasteiger partial charge < -0.3 is 5.11 Å². The minimum atomic E-state index is -0.844. The molecule has 90 valence electrons. The molecule has 0 aromatic carbocycles. The highest BCUT2D eigenvalue weighted by Gasteiger charge is 2.29. The van der Waals surface area contributed by atoms with Crippen LogP contribution in [-0.2, 0) is 14.4 Å². The van der Waals surface area contributed by atoms with Gasteiger partial charge in [0, 0.05) is 25.3 Å². The average Bonchev–Trinajstić information content (AvgIpc) is 2.16. The van der Waals surface area contributed by atoms with E-state index in [9.17, 15) is 14.4 Å². The van der Waals surface area contributed by atoms with Gasteiger partial charge in [0.05, 0.1) is 0 Å². The third-order valence-corrected chi connectivity index (χ3v) is 2.77. The fourth-order valence-electron chi connectivity index (χ4n) is 1.94. The number of rotatable bonds is 5. The molecule has 1 heterocycles. The Bertz CT molecular complexity index is 284. The third kappa shape index (κ3) is 3.32. The first kappa shape index (κ1) is 12.7. The molecular weight excluding hydrogens is 210 g/mol. The van der Waals surface area contributed by atoms with Crippen molar-refractivity contribution < 1.29 is 19.5 Å². The Labute approximate surface area is 94.4 Å². The summed E-state index contributed by atoms with van der Waals surface area (Å²) >= 11 is 0. The zero-order chi connectivity index (χ0) is 12.1. The summed E-state index contributed by atoms with van der Waals surface area (Å²) in [5.41, 5.74) is 0. The van der Waals surface area contributed by atoms with Crippen molar-refractivity contribution in [3.63, 3.8) is 0 Å². The summed E-state index contributed by atoms with van der Waals surface area (Å²) < 4.78 is 0. The van der Waals surface area contributed by atoms with Crippen LogP contribution in [0.3, 0.4) is 0 Å². The van der Waals surface area contributed by atoms with Crippen molar-refractivity contribution in [2.75, 3.05) is 0 Å². The Hall–Kier alpha value is -1.39. The van der Waals surface area contributed by atoms with Gasteiger partial charge in [-0.2, -0.15) is 0 Å². The van der Waals surface area contributed by atoms with E-state index < -0.39 is 5.97 Å². The number of piperidine rings is 1. The molecule has 5 nitrogen and oxygen atoms in total. The summed E-state index contributed by atoms with van der Waals surface area (Å²) in [7, 11) is 0. The molecule has 1 aliphatic rings. The first-order valence-corrected chi connectivity index (χ1v) is 5.59. The quantitative estimate of drug-likeness (QED) is 0.715. The highest BCUT2D eigenvalue weighted by molar-refractivity contribution is 5.97. The lowest BCUT2D eigenvalue weighted by molar-refractivity contribution is -0.150. The van der Waals surface area contributed by atoms with Crippen LogP contribution in [-0.4, -0.2) is 33.8 Å². The molecule has 1 saturated heterocycles. The Balaban J connectivity index is 2.44. The second kappa shape index (κ2) is 5.63. The van der Waals surface area contributed by atoms with E-state index in [4.69, 9.17) is 5.11 Å². The Morgan fingerprint density at radius 1 is 1.38 bits per heavy atom. The number of aliphatic carboxylic acids is 1. The van der Waals surface area contributed by atoms with Gasteiger partial charge in [-0.3, -0.25) is 19.3 Å². The van der Waals surface area contributed by atoms with Gasteiger partial charge in [-0.15, -0.1) is 0 Å². The molecule has 1 fully saturated rings. The highest BCUT2D eigenvalue weighted by atomic mass is 16.4. The fourth-order valence-corrected chi connectivity index (χ4v) is 1.94. The van der Waals surface area contributed by atoms with Crippen molar-refractivity contribution in [3.8, 4) is 0 Å². The van der Waals surface area contributed by atoms with Crippen LogP contribution in [0, 0.1) is 0 Å². The number of imide groups is 1. The molecule has 1 rings (SSSR count). The van der Waals surface area contributed by atoms with Crippen LogP contribution in [0.1, 0.15) is 45.4 Å². The average molecular weight is 227 g/mol. The van der Waals surface area contributed by atoms with Crippen molar-refractivity contribution in [2.45, 2.75) is 51.5 Å². The van der Waals surface area contributed by atoms with Gasteiger partial charge in [0.25, 0.3) is 0 Å². The van der Waals surface area contributed by atoms with Crippen LogP contribution in [0.5, 0.6) is 0 Å². The molecule has 1 atom stereocenters. The molecule has 5 heteroatoms. The predicted octanol–water partition coefficient (Wildman–Crippen LogP) is 1.17. The molecular formula is C11H17NO4. The second-order valence-corrected chi connectivity index (χ2v) is 4.15. The van der Waals surface area contributed by atoms with Gasteiger partial charge in [0.1, 0.15) is 0 Å².